The molecule has 1 aliphatic rings. The van der Waals surface area contributed by atoms with Gasteiger partial charge in [0.05, 0.1) is 11.3 Å². The van der Waals surface area contributed by atoms with Crippen molar-refractivity contribution in [3.05, 3.63) is 47.5 Å². The molecule has 1 aromatic carbocycles. The highest BCUT2D eigenvalue weighted by Gasteiger charge is 2.26. The Labute approximate surface area is 171 Å². The van der Waals surface area contributed by atoms with Gasteiger partial charge >= 0.3 is 10.2 Å². The number of nitrogens with zero attached hydrogens (tertiary/aromatic N) is 4. The summed E-state index contributed by atoms with van der Waals surface area (Å²) >= 11 is 0. The van der Waals surface area contributed by atoms with Crippen LogP contribution >= 0.6 is 0 Å². The second kappa shape index (κ2) is 6.89. The molecule has 0 saturated carbocycles. The van der Waals surface area contributed by atoms with Crippen LogP contribution < -0.4 is 19.9 Å². The number of rotatable bonds is 0. The van der Waals surface area contributed by atoms with Crippen molar-refractivity contribution >= 4 is 27.5 Å². The van der Waals surface area contributed by atoms with Gasteiger partial charge in [-0.1, -0.05) is 0 Å². The molecule has 3 heterocycles. The lowest BCUT2D eigenvalue weighted by Crippen LogP contribution is -2.24. The van der Waals surface area contributed by atoms with E-state index in [9.17, 15) is 18.1 Å². The average molecular weight is 429 g/mol. The van der Waals surface area contributed by atoms with Gasteiger partial charge in [0.15, 0.2) is 17.4 Å². The van der Waals surface area contributed by atoms with Gasteiger partial charge in [0, 0.05) is 24.4 Å². The number of hydrogen-bond acceptors (Lipinski definition) is 7. The van der Waals surface area contributed by atoms with E-state index < -0.39 is 22.1 Å². The van der Waals surface area contributed by atoms with Crippen LogP contribution in [0.15, 0.2) is 30.5 Å². The minimum absolute atomic E-state index is 0.0816. The number of fused-ring (bicyclic) bond motifs is 5. The Kier molecular flexibility index (Phi) is 4.47. The Hall–Kier alpha value is -3.85. The molecule has 2 bridgehead atoms. The third-order valence-corrected chi connectivity index (χ3v) is 5.50. The summed E-state index contributed by atoms with van der Waals surface area (Å²) in [5.41, 5.74) is 7.00. The number of nitriles is 1. The van der Waals surface area contributed by atoms with Crippen LogP contribution in [0.2, 0.25) is 0 Å². The summed E-state index contributed by atoms with van der Waals surface area (Å²) in [6, 6.07) is 7.11. The molecule has 30 heavy (non-hydrogen) atoms. The Morgan fingerprint density at radius 1 is 1.33 bits per heavy atom. The van der Waals surface area contributed by atoms with Crippen LogP contribution in [-0.2, 0) is 17.3 Å². The first-order valence-corrected chi connectivity index (χ1v) is 10.2. The van der Waals surface area contributed by atoms with E-state index in [1.165, 1.54) is 36.1 Å². The molecular formula is C18H16FN7O3S. The minimum Gasteiger partial charge on any atom is -0.482 e. The molecular weight excluding hydrogens is 413 g/mol. The second-order valence-electron chi connectivity index (χ2n) is 6.61. The molecule has 10 nitrogen and oxygen atoms in total. The van der Waals surface area contributed by atoms with Gasteiger partial charge in [0.2, 0.25) is 0 Å². The van der Waals surface area contributed by atoms with Gasteiger partial charge in [-0.25, -0.2) is 14.1 Å². The molecule has 154 valence electrons. The predicted molar refractivity (Wildman–Crippen MR) is 107 cm³/mol. The van der Waals surface area contributed by atoms with Crippen LogP contribution in [0.25, 0.3) is 11.1 Å². The standard InChI is InChI=1S/C18H16FN7O3S/c1-9-12-6-11(19)3-4-13(12)24-30(27,28)25-18-16(14(7-20)26(2)23-18)10-5-15(29-9)17(21)22-8-10/h3-6,8-9,24H,1-2H3,(H2,21,22)(H,23,25)/t9-/m1/s1. The number of hydrogen-bond donors (Lipinski definition) is 3. The summed E-state index contributed by atoms with van der Waals surface area (Å²) in [6.07, 6.45) is 0.607. The molecule has 12 heteroatoms. The number of nitrogens with one attached hydrogen (secondary N) is 2. The highest BCUT2D eigenvalue weighted by molar-refractivity contribution is 7.94. The van der Waals surface area contributed by atoms with E-state index in [2.05, 4.69) is 19.5 Å². The Morgan fingerprint density at radius 3 is 2.83 bits per heavy atom. The van der Waals surface area contributed by atoms with Gasteiger partial charge in [-0.2, -0.15) is 18.8 Å². The molecule has 0 aliphatic carbocycles. The second-order valence-corrected chi connectivity index (χ2v) is 8.03. The van der Waals surface area contributed by atoms with Gasteiger partial charge in [-0.05, 0) is 31.2 Å². The minimum atomic E-state index is -4.19. The summed E-state index contributed by atoms with van der Waals surface area (Å²) in [5.74, 6) is -0.374. The summed E-state index contributed by atoms with van der Waals surface area (Å²) in [6.45, 7) is 1.62. The Morgan fingerprint density at radius 2 is 2.10 bits per heavy atom. The van der Waals surface area contributed by atoms with Crippen molar-refractivity contribution in [2.45, 2.75) is 13.0 Å². The monoisotopic (exact) mass is 429 g/mol. The SMILES string of the molecule is C[C@H]1Oc2cc(cnc2N)-c2c(nn(C)c2C#N)NS(=O)(=O)Nc2ccc(F)cc21. The molecule has 0 unspecified atom stereocenters. The van der Waals surface area contributed by atoms with Crippen LogP contribution in [0.1, 0.15) is 24.3 Å². The lowest BCUT2D eigenvalue weighted by Gasteiger charge is -2.21. The fourth-order valence-electron chi connectivity index (χ4n) is 3.20. The number of anilines is 3. The molecule has 2 aromatic heterocycles. The van der Waals surface area contributed by atoms with Crippen LogP contribution in [0.4, 0.5) is 21.7 Å². The van der Waals surface area contributed by atoms with Crippen LogP contribution in [0, 0.1) is 17.1 Å². The molecule has 0 spiro atoms. The third-order valence-electron chi connectivity index (χ3n) is 4.55. The smallest absolute Gasteiger partial charge is 0.322 e. The third kappa shape index (κ3) is 3.35. The lowest BCUT2D eigenvalue weighted by molar-refractivity contribution is 0.228. The van der Waals surface area contributed by atoms with Crippen molar-refractivity contribution in [1.29, 1.82) is 5.26 Å². The number of nitrogens with two attached hydrogens (primary N) is 1. The van der Waals surface area contributed by atoms with Gasteiger partial charge in [-0.15, -0.1) is 0 Å². The largest absolute Gasteiger partial charge is 0.482 e. The molecule has 1 aliphatic heterocycles. The first kappa shape index (κ1) is 19.5. The molecule has 1 atom stereocenters. The van der Waals surface area contributed by atoms with Crippen LogP contribution in [0.3, 0.4) is 0 Å². The molecule has 4 rings (SSSR count). The van der Waals surface area contributed by atoms with Crippen molar-refractivity contribution in [1.82, 2.24) is 14.8 Å². The van der Waals surface area contributed by atoms with Gasteiger partial charge in [-0.3, -0.25) is 9.40 Å². The van der Waals surface area contributed by atoms with E-state index in [1.807, 2.05) is 6.07 Å². The normalized spacial score (nSPS) is 16.9. The van der Waals surface area contributed by atoms with Crippen molar-refractivity contribution in [2.75, 3.05) is 15.2 Å². The van der Waals surface area contributed by atoms with E-state index >= 15 is 0 Å². The maximum absolute atomic E-state index is 13.9. The number of ether oxygens (including phenoxy) is 1. The van der Waals surface area contributed by atoms with Gasteiger partial charge in [0.25, 0.3) is 0 Å². The Bertz CT molecular complexity index is 1310. The quantitative estimate of drug-likeness (QED) is 0.496. The summed E-state index contributed by atoms with van der Waals surface area (Å²) in [5, 5.41) is 13.7. The van der Waals surface area contributed by atoms with Crippen LogP contribution in [-0.4, -0.2) is 23.2 Å². The number of aryl methyl sites for hydroxylation is 1. The van der Waals surface area contributed by atoms with E-state index in [0.717, 1.165) is 6.07 Å². The van der Waals surface area contributed by atoms with E-state index in [-0.39, 0.29) is 39.9 Å². The molecule has 0 fully saturated rings. The zero-order valence-electron chi connectivity index (χ0n) is 15.8. The maximum atomic E-state index is 13.9. The zero-order valence-corrected chi connectivity index (χ0v) is 16.7. The summed E-state index contributed by atoms with van der Waals surface area (Å²) in [7, 11) is -2.69. The maximum Gasteiger partial charge on any atom is 0.322 e. The summed E-state index contributed by atoms with van der Waals surface area (Å²) in [4.78, 5) is 4.10. The van der Waals surface area contributed by atoms with Crippen molar-refractivity contribution in [3.8, 4) is 22.9 Å². The van der Waals surface area contributed by atoms with Crippen molar-refractivity contribution in [3.63, 3.8) is 0 Å². The van der Waals surface area contributed by atoms with Crippen molar-refractivity contribution in [2.24, 2.45) is 7.05 Å². The van der Waals surface area contributed by atoms with Crippen molar-refractivity contribution < 1.29 is 17.5 Å². The topological polar surface area (TPSA) is 148 Å². The molecule has 0 radical (unpaired) electrons. The number of nitrogen functional groups attached to an aromatic ring is 1. The highest BCUT2D eigenvalue weighted by Crippen LogP contribution is 2.37. The zero-order chi connectivity index (χ0) is 21.6. The summed E-state index contributed by atoms with van der Waals surface area (Å²) < 4.78 is 51.2. The number of halogens is 1. The molecule has 3 aromatic rings. The molecule has 0 amide bonds. The van der Waals surface area contributed by atoms with Gasteiger partial charge in [0.1, 0.15) is 23.7 Å². The van der Waals surface area contributed by atoms with Gasteiger partial charge < -0.3 is 10.5 Å². The average Bonchev–Trinajstić information content (AvgIpc) is 2.98. The van der Waals surface area contributed by atoms with E-state index in [1.54, 1.807) is 6.92 Å². The molecule has 0 saturated heterocycles. The fourth-order valence-corrected chi connectivity index (χ4v) is 4.12. The van der Waals surface area contributed by atoms with E-state index in [4.69, 9.17) is 10.5 Å². The number of aromatic nitrogens is 3. The predicted octanol–water partition coefficient (Wildman–Crippen LogP) is 2.30. The lowest BCUT2D eigenvalue weighted by atomic mass is 10.1. The number of pyridine rings is 1. The first-order valence-electron chi connectivity index (χ1n) is 8.68. The first-order chi connectivity index (χ1) is 14.2. The fraction of sp³-hybridized carbons (Fsp3) is 0.167. The van der Waals surface area contributed by atoms with Crippen LogP contribution in [0.5, 0.6) is 5.75 Å². The highest BCUT2D eigenvalue weighted by atomic mass is 32.2. The molecule has 4 N–H and O–H groups in total. The van der Waals surface area contributed by atoms with E-state index in [0.29, 0.717) is 5.56 Å². The number of benzene rings is 1. The Balaban J connectivity index is 2.00.